The van der Waals surface area contributed by atoms with Gasteiger partial charge >= 0.3 is 0 Å². The summed E-state index contributed by atoms with van der Waals surface area (Å²) < 4.78 is 0. The highest BCUT2D eigenvalue weighted by Gasteiger charge is 2.03. The predicted molar refractivity (Wildman–Crippen MR) is 68.0 cm³/mol. The van der Waals surface area contributed by atoms with Gasteiger partial charge in [0, 0.05) is 31.2 Å². The first-order valence-corrected chi connectivity index (χ1v) is 5.79. The Morgan fingerprint density at radius 2 is 1.89 bits per heavy atom. The summed E-state index contributed by atoms with van der Waals surface area (Å²) in [4.78, 5) is 12.7. The van der Waals surface area contributed by atoms with Crippen molar-refractivity contribution in [2.45, 2.75) is 26.9 Å². The standard InChI is InChI=1S/C13H16N4O/c1-9-3-4-13(18)12(17-9)8-14-6-11-7-15-10(2)5-16-11/h3-5,7,14,18H,6,8H2,1-2H3. The van der Waals surface area contributed by atoms with E-state index in [0.29, 0.717) is 18.8 Å². The number of pyridine rings is 1. The van der Waals surface area contributed by atoms with E-state index in [1.165, 1.54) is 0 Å². The van der Waals surface area contributed by atoms with E-state index in [-0.39, 0.29) is 5.75 Å². The van der Waals surface area contributed by atoms with Gasteiger partial charge in [-0.05, 0) is 26.0 Å². The normalized spacial score (nSPS) is 10.6. The molecule has 0 amide bonds. The minimum absolute atomic E-state index is 0.211. The minimum Gasteiger partial charge on any atom is -0.506 e. The molecule has 0 aliphatic carbocycles. The zero-order valence-corrected chi connectivity index (χ0v) is 10.5. The number of nitrogens with one attached hydrogen (secondary N) is 1. The van der Waals surface area contributed by atoms with Crippen molar-refractivity contribution in [2.75, 3.05) is 0 Å². The van der Waals surface area contributed by atoms with E-state index in [9.17, 15) is 5.11 Å². The van der Waals surface area contributed by atoms with E-state index in [1.54, 1.807) is 24.5 Å². The molecule has 2 aromatic rings. The van der Waals surface area contributed by atoms with Gasteiger partial charge in [0.2, 0.25) is 0 Å². The second kappa shape index (κ2) is 5.55. The zero-order valence-electron chi connectivity index (χ0n) is 10.5. The maximum Gasteiger partial charge on any atom is 0.138 e. The summed E-state index contributed by atoms with van der Waals surface area (Å²) in [5.41, 5.74) is 3.30. The molecule has 0 aliphatic heterocycles. The van der Waals surface area contributed by atoms with Crippen molar-refractivity contribution in [1.82, 2.24) is 20.3 Å². The van der Waals surface area contributed by atoms with Crippen LogP contribution in [0.5, 0.6) is 5.75 Å². The first-order chi connectivity index (χ1) is 8.65. The first kappa shape index (κ1) is 12.4. The van der Waals surface area contributed by atoms with Gasteiger partial charge in [-0.3, -0.25) is 15.0 Å². The van der Waals surface area contributed by atoms with Gasteiger partial charge in [-0.1, -0.05) is 0 Å². The van der Waals surface area contributed by atoms with Crippen LogP contribution in [0.4, 0.5) is 0 Å². The van der Waals surface area contributed by atoms with Gasteiger partial charge in [0.05, 0.1) is 17.1 Å². The summed E-state index contributed by atoms with van der Waals surface area (Å²) in [5, 5.41) is 12.8. The van der Waals surface area contributed by atoms with Crippen molar-refractivity contribution in [2.24, 2.45) is 0 Å². The van der Waals surface area contributed by atoms with Crippen LogP contribution in [0.2, 0.25) is 0 Å². The molecule has 0 fully saturated rings. The number of aryl methyl sites for hydroxylation is 2. The molecule has 2 aromatic heterocycles. The average molecular weight is 244 g/mol. The van der Waals surface area contributed by atoms with E-state index in [1.807, 2.05) is 13.8 Å². The van der Waals surface area contributed by atoms with E-state index >= 15 is 0 Å². The second-order valence-electron chi connectivity index (χ2n) is 4.17. The molecule has 0 spiro atoms. The van der Waals surface area contributed by atoms with Crippen LogP contribution in [0, 0.1) is 13.8 Å². The average Bonchev–Trinajstić information content (AvgIpc) is 2.36. The van der Waals surface area contributed by atoms with Gasteiger partial charge in [-0.2, -0.15) is 0 Å². The summed E-state index contributed by atoms with van der Waals surface area (Å²) in [6, 6.07) is 3.44. The van der Waals surface area contributed by atoms with Gasteiger partial charge in [-0.15, -0.1) is 0 Å². The van der Waals surface area contributed by atoms with Crippen molar-refractivity contribution in [3.8, 4) is 5.75 Å². The number of hydrogen-bond donors (Lipinski definition) is 2. The van der Waals surface area contributed by atoms with Crippen LogP contribution < -0.4 is 5.32 Å². The molecule has 0 bridgehead atoms. The molecule has 5 heteroatoms. The maximum atomic E-state index is 9.64. The molecule has 0 aromatic carbocycles. The number of hydrogen-bond acceptors (Lipinski definition) is 5. The molecule has 0 radical (unpaired) electrons. The van der Waals surface area contributed by atoms with Gasteiger partial charge < -0.3 is 10.4 Å². The highest BCUT2D eigenvalue weighted by molar-refractivity contribution is 5.27. The van der Waals surface area contributed by atoms with E-state index < -0.39 is 0 Å². The SMILES string of the molecule is Cc1cnc(CNCc2nc(C)ccc2O)cn1. The summed E-state index contributed by atoms with van der Waals surface area (Å²) in [6.07, 6.45) is 3.48. The number of rotatable bonds is 4. The Morgan fingerprint density at radius 3 is 2.61 bits per heavy atom. The zero-order chi connectivity index (χ0) is 13.0. The second-order valence-corrected chi connectivity index (χ2v) is 4.17. The van der Waals surface area contributed by atoms with E-state index in [0.717, 1.165) is 17.1 Å². The Hall–Kier alpha value is -2.01. The first-order valence-electron chi connectivity index (χ1n) is 5.79. The van der Waals surface area contributed by atoms with Crippen molar-refractivity contribution in [3.05, 3.63) is 47.3 Å². The van der Waals surface area contributed by atoms with Crippen molar-refractivity contribution >= 4 is 0 Å². The van der Waals surface area contributed by atoms with Crippen LogP contribution in [0.3, 0.4) is 0 Å². The molecular formula is C13H16N4O. The molecule has 0 saturated heterocycles. The molecule has 94 valence electrons. The van der Waals surface area contributed by atoms with Crippen LogP contribution in [0.15, 0.2) is 24.5 Å². The Kier molecular flexibility index (Phi) is 3.84. The monoisotopic (exact) mass is 244 g/mol. The fourth-order valence-corrected chi connectivity index (χ4v) is 1.55. The molecule has 0 aliphatic rings. The van der Waals surface area contributed by atoms with Gasteiger partial charge in [0.1, 0.15) is 5.75 Å². The maximum absolute atomic E-state index is 9.64. The van der Waals surface area contributed by atoms with Crippen molar-refractivity contribution < 1.29 is 5.11 Å². The largest absolute Gasteiger partial charge is 0.506 e. The van der Waals surface area contributed by atoms with Crippen LogP contribution in [-0.4, -0.2) is 20.1 Å². The van der Waals surface area contributed by atoms with Crippen LogP contribution in [-0.2, 0) is 13.1 Å². The lowest BCUT2D eigenvalue weighted by atomic mass is 10.3. The molecular weight excluding hydrogens is 228 g/mol. The Balaban J connectivity index is 1.92. The Bertz CT molecular complexity index is 525. The smallest absolute Gasteiger partial charge is 0.138 e. The number of aromatic hydroxyl groups is 1. The summed E-state index contributed by atoms with van der Waals surface area (Å²) in [5.74, 6) is 0.211. The highest BCUT2D eigenvalue weighted by Crippen LogP contribution is 2.14. The van der Waals surface area contributed by atoms with Crippen LogP contribution >= 0.6 is 0 Å². The van der Waals surface area contributed by atoms with Crippen LogP contribution in [0.25, 0.3) is 0 Å². The quantitative estimate of drug-likeness (QED) is 0.852. The fraction of sp³-hybridized carbons (Fsp3) is 0.308. The molecule has 0 unspecified atom stereocenters. The summed E-state index contributed by atoms with van der Waals surface area (Å²) in [7, 11) is 0. The lowest BCUT2D eigenvalue weighted by Gasteiger charge is -2.06. The molecule has 2 heterocycles. The van der Waals surface area contributed by atoms with E-state index in [2.05, 4.69) is 20.3 Å². The Morgan fingerprint density at radius 1 is 1.06 bits per heavy atom. The van der Waals surface area contributed by atoms with E-state index in [4.69, 9.17) is 0 Å². The van der Waals surface area contributed by atoms with Crippen molar-refractivity contribution in [1.29, 1.82) is 0 Å². The molecule has 2 rings (SSSR count). The summed E-state index contributed by atoms with van der Waals surface area (Å²) in [6.45, 7) is 4.90. The fourth-order valence-electron chi connectivity index (χ4n) is 1.55. The molecule has 0 saturated carbocycles. The molecule has 2 N–H and O–H groups in total. The molecule has 5 nitrogen and oxygen atoms in total. The minimum atomic E-state index is 0.211. The van der Waals surface area contributed by atoms with Gasteiger partial charge in [0.25, 0.3) is 0 Å². The molecule has 0 atom stereocenters. The summed E-state index contributed by atoms with van der Waals surface area (Å²) >= 11 is 0. The molecule has 18 heavy (non-hydrogen) atoms. The highest BCUT2D eigenvalue weighted by atomic mass is 16.3. The van der Waals surface area contributed by atoms with Crippen molar-refractivity contribution in [3.63, 3.8) is 0 Å². The number of aromatic nitrogens is 3. The lowest BCUT2D eigenvalue weighted by molar-refractivity contribution is 0.458. The third kappa shape index (κ3) is 3.24. The third-order valence-electron chi connectivity index (χ3n) is 2.52. The third-order valence-corrected chi connectivity index (χ3v) is 2.52. The van der Waals surface area contributed by atoms with Gasteiger partial charge in [0.15, 0.2) is 0 Å². The van der Waals surface area contributed by atoms with Crippen LogP contribution in [0.1, 0.15) is 22.8 Å². The van der Waals surface area contributed by atoms with Gasteiger partial charge in [-0.25, -0.2) is 0 Å². The lowest BCUT2D eigenvalue weighted by Crippen LogP contribution is -2.15. The predicted octanol–water partition coefficient (Wildman–Crippen LogP) is 1.48. The number of nitrogens with zero attached hydrogens (tertiary/aromatic N) is 3. The Labute approximate surface area is 106 Å². The topological polar surface area (TPSA) is 70.9 Å².